The Bertz CT molecular complexity index is 670. The SMILES string of the molecule is CC(NC(=O)C1(N)C2CCCOC2C1(C)C)c1ccc(F)cc1F.Cl. The van der Waals surface area contributed by atoms with E-state index in [0.717, 1.165) is 18.9 Å². The minimum Gasteiger partial charge on any atom is -0.377 e. The number of rotatable bonds is 3. The summed E-state index contributed by atoms with van der Waals surface area (Å²) < 4.78 is 32.8. The van der Waals surface area contributed by atoms with Gasteiger partial charge in [0.2, 0.25) is 5.91 Å². The molecule has 1 saturated carbocycles. The lowest BCUT2D eigenvalue weighted by Gasteiger charge is -2.65. The van der Waals surface area contributed by atoms with Crippen LogP contribution >= 0.6 is 12.4 Å². The molecule has 0 spiro atoms. The van der Waals surface area contributed by atoms with Crippen molar-refractivity contribution in [2.45, 2.75) is 51.3 Å². The number of ether oxygens (including phenoxy) is 1. The van der Waals surface area contributed by atoms with E-state index in [1.54, 1.807) is 6.92 Å². The summed E-state index contributed by atoms with van der Waals surface area (Å²) in [6.07, 6.45) is 1.70. The van der Waals surface area contributed by atoms with E-state index in [1.165, 1.54) is 12.1 Å². The molecule has 4 atom stereocenters. The highest BCUT2D eigenvalue weighted by Crippen LogP contribution is 2.57. The minimum absolute atomic E-state index is 0. The number of fused-ring (bicyclic) bond motifs is 1. The van der Waals surface area contributed by atoms with Gasteiger partial charge in [-0.3, -0.25) is 4.79 Å². The highest BCUT2D eigenvalue weighted by Gasteiger charge is 2.70. The maximum atomic E-state index is 13.9. The molecule has 1 saturated heterocycles. The van der Waals surface area contributed by atoms with Crippen LogP contribution in [0.4, 0.5) is 8.78 Å². The van der Waals surface area contributed by atoms with Crippen molar-refractivity contribution in [2.75, 3.05) is 6.61 Å². The molecule has 2 fully saturated rings. The molecule has 2 aliphatic rings. The Morgan fingerprint density at radius 1 is 1.40 bits per heavy atom. The summed E-state index contributed by atoms with van der Waals surface area (Å²) in [4.78, 5) is 12.9. The molecule has 1 aromatic rings. The van der Waals surface area contributed by atoms with E-state index < -0.39 is 28.6 Å². The Morgan fingerprint density at radius 3 is 2.72 bits per heavy atom. The third kappa shape index (κ3) is 2.94. The fourth-order valence-electron chi connectivity index (χ4n) is 4.28. The van der Waals surface area contributed by atoms with Crippen LogP contribution in [0, 0.1) is 23.0 Å². The fourth-order valence-corrected chi connectivity index (χ4v) is 4.28. The maximum absolute atomic E-state index is 13.9. The van der Waals surface area contributed by atoms with Crippen LogP contribution < -0.4 is 11.1 Å². The van der Waals surface area contributed by atoms with Gasteiger partial charge in [0.25, 0.3) is 0 Å². The van der Waals surface area contributed by atoms with Crippen molar-refractivity contribution in [3.8, 4) is 0 Å². The van der Waals surface area contributed by atoms with Gasteiger partial charge < -0.3 is 15.8 Å². The summed E-state index contributed by atoms with van der Waals surface area (Å²) in [5.74, 6) is -1.67. The molecule has 0 bridgehead atoms. The summed E-state index contributed by atoms with van der Waals surface area (Å²) in [5.41, 5.74) is 5.21. The van der Waals surface area contributed by atoms with Crippen molar-refractivity contribution in [3.05, 3.63) is 35.4 Å². The van der Waals surface area contributed by atoms with Gasteiger partial charge in [-0.25, -0.2) is 8.78 Å². The number of nitrogens with two attached hydrogens (primary N) is 1. The molecule has 7 heteroatoms. The molecule has 1 aromatic carbocycles. The standard InChI is InChI=1S/C18H24F2N2O2.ClH/c1-10(12-7-6-11(19)9-14(12)20)22-16(23)18(21)13-5-4-8-24-15(13)17(18,2)3;/h6-7,9-10,13,15H,4-5,8,21H2,1-3H3,(H,22,23);1H. The predicted octanol–water partition coefficient (Wildman–Crippen LogP) is 3.10. The van der Waals surface area contributed by atoms with Crippen LogP contribution in [0.2, 0.25) is 0 Å². The van der Waals surface area contributed by atoms with Crippen molar-refractivity contribution < 1.29 is 18.3 Å². The monoisotopic (exact) mass is 374 g/mol. The first-order valence-corrected chi connectivity index (χ1v) is 8.36. The van der Waals surface area contributed by atoms with Gasteiger partial charge in [0, 0.05) is 29.6 Å². The molecule has 4 unspecified atom stereocenters. The average molecular weight is 375 g/mol. The predicted molar refractivity (Wildman–Crippen MR) is 93.3 cm³/mol. The first-order chi connectivity index (χ1) is 11.2. The topological polar surface area (TPSA) is 64.4 Å². The third-order valence-corrected chi connectivity index (χ3v) is 5.84. The molecule has 140 valence electrons. The van der Waals surface area contributed by atoms with E-state index in [0.29, 0.717) is 6.61 Å². The molecule has 0 radical (unpaired) electrons. The van der Waals surface area contributed by atoms with Gasteiger partial charge in [0.1, 0.15) is 17.2 Å². The normalized spacial score (nSPS) is 31.1. The van der Waals surface area contributed by atoms with Crippen LogP contribution in [0.15, 0.2) is 18.2 Å². The lowest BCUT2D eigenvalue weighted by atomic mass is 9.46. The molecule has 0 aromatic heterocycles. The van der Waals surface area contributed by atoms with Gasteiger partial charge in [-0.1, -0.05) is 19.9 Å². The molecular weight excluding hydrogens is 350 g/mol. The largest absolute Gasteiger partial charge is 0.377 e. The second-order valence-electron chi connectivity index (χ2n) is 7.49. The minimum atomic E-state index is -1.05. The number of hydrogen-bond acceptors (Lipinski definition) is 3. The molecule has 1 amide bonds. The van der Waals surface area contributed by atoms with Crippen molar-refractivity contribution in [1.29, 1.82) is 0 Å². The van der Waals surface area contributed by atoms with Crippen LogP contribution in [0.1, 0.15) is 45.2 Å². The van der Waals surface area contributed by atoms with Crippen LogP contribution in [0.25, 0.3) is 0 Å². The van der Waals surface area contributed by atoms with Crippen molar-refractivity contribution in [3.63, 3.8) is 0 Å². The Kier molecular flexibility index (Phi) is 5.47. The second-order valence-corrected chi connectivity index (χ2v) is 7.49. The number of hydrogen-bond donors (Lipinski definition) is 2. The van der Waals surface area contributed by atoms with Crippen LogP contribution in [0.5, 0.6) is 0 Å². The van der Waals surface area contributed by atoms with Crippen LogP contribution in [0.3, 0.4) is 0 Å². The van der Waals surface area contributed by atoms with Gasteiger partial charge >= 0.3 is 0 Å². The summed E-state index contributed by atoms with van der Waals surface area (Å²) >= 11 is 0. The van der Waals surface area contributed by atoms with Gasteiger partial charge in [0.05, 0.1) is 12.1 Å². The Labute approximate surface area is 152 Å². The zero-order valence-electron chi connectivity index (χ0n) is 14.6. The number of benzene rings is 1. The van der Waals surface area contributed by atoms with Gasteiger partial charge in [-0.15, -0.1) is 12.4 Å². The Hall–Kier alpha value is -1.24. The van der Waals surface area contributed by atoms with E-state index in [9.17, 15) is 13.6 Å². The molecule has 4 nitrogen and oxygen atoms in total. The molecule has 25 heavy (non-hydrogen) atoms. The van der Waals surface area contributed by atoms with Gasteiger partial charge in [0.15, 0.2) is 0 Å². The molecule has 3 rings (SSSR count). The summed E-state index contributed by atoms with van der Waals surface area (Å²) in [5, 5.41) is 2.81. The van der Waals surface area contributed by atoms with Crippen molar-refractivity contribution in [1.82, 2.24) is 5.32 Å². The zero-order chi connectivity index (χ0) is 17.7. The summed E-state index contributed by atoms with van der Waals surface area (Å²) in [7, 11) is 0. The Morgan fingerprint density at radius 2 is 2.08 bits per heavy atom. The number of amides is 1. The van der Waals surface area contributed by atoms with Crippen molar-refractivity contribution in [2.24, 2.45) is 17.1 Å². The van der Waals surface area contributed by atoms with E-state index in [4.69, 9.17) is 10.5 Å². The number of nitrogens with one attached hydrogen (secondary N) is 1. The highest BCUT2D eigenvalue weighted by atomic mass is 35.5. The lowest BCUT2D eigenvalue weighted by molar-refractivity contribution is -0.225. The molecular formula is C18H25ClF2N2O2. The first-order valence-electron chi connectivity index (χ1n) is 8.36. The number of halogens is 3. The second kappa shape index (κ2) is 6.82. The van der Waals surface area contributed by atoms with Crippen molar-refractivity contribution >= 4 is 18.3 Å². The van der Waals surface area contributed by atoms with Crippen LogP contribution in [-0.2, 0) is 9.53 Å². The van der Waals surface area contributed by atoms with E-state index >= 15 is 0 Å². The maximum Gasteiger partial charge on any atom is 0.241 e. The summed E-state index contributed by atoms with van der Waals surface area (Å²) in [6, 6.07) is 2.74. The van der Waals surface area contributed by atoms with E-state index in [2.05, 4.69) is 5.32 Å². The van der Waals surface area contributed by atoms with Gasteiger partial charge in [-0.2, -0.15) is 0 Å². The quantitative estimate of drug-likeness (QED) is 0.854. The highest BCUT2D eigenvalue weighted by molar-refractivity contribution is 5.89. The fraction of sp³-hybridized carbons (Fsp3) is 0.611. The molecule has 3 N–H and O–H groups in total. The number of carbonyl (C=O) groups excluding carboxylic acids is 1. The third-order valence-electron chi connectivity index (χ3n) is 5.84. The average Bonchev–Trinajstić information content (AvgIpc) is 2.53. The zero-order valence-corrected chi connectivity index (χ0v) is 15.5. The van der Waals surface area contributed by atoms with E-state index in [-0.39, 0.29) is 35.9 Å². The lowest BCUT2D eigenvalue weighted by Crippen LogP contribution is -2.82. The molecule has 1 aliphatic carbocycles. The Balaban J connectivity index is 0.00000225. The number of carbonyl (C=O) groups is 1. The van der Waals surface area contributed by atoms with E-state index in [1.807, 2.05) is 13.8 Å². The molecule has 1 aliphatic heterocycles. The molecule has 1 heterocycles. The van der Waals surface area contributed by atoms with Crippen LogP contribution in [-0.4, -0.2) is 24.2 Å². The van der Waals surface area contributed by atoms with Gasteiger partial charge in [-0.05, 0) is 25.8 Å². The summed E-state index contributed by atoms with van der Waals surface area (Å²) in [6.45, 7) is 6.22. The first kappa shape index (κ1) is 20.1. The smallest absolute Gasteiger partial charge is 0.241 e.